The van der Waals surface area contributed by atoms with Gasteiger partial charge >= 0.3 is 0 Å². The lowest BCUT2D eigenvalue weighted by atomic mass is 9.91. The summed E-state index contributed by atoms with van der Waals surface area (Å²) in [5.74, 6) is -0.561. The van der Waals surface area contributed by atoms with E-state index >= 15 is 0 Å². The summed E-state index contributed by atoms with van der Waals surface area (Å²) in [6.07, 6.45) is 12.5. The van der Waals surface area contributed by atoms with Crippen LogP contribution in [0.15, 0.2) is 24.3 Å². The van der Waals surface area contributed by atoms with Crippen LogP contribution in [0.25, 0.3) is 0 Å². The Morgan fingerprint density at radius 2 is 1.54 bits per heavy atom. The van der Waals surface area contributed by atoms with Gasteiger partial charge in [-0.05, 0) is 30.4 Å². The molecule has 212 valence electrons. The van der Waals surface area contributed by atoms with Gasteiger partial charge in [0.15, 0.2) is 5.79 Å². The molecule has 0 unspecified atom stereocenters. The number of ether oxygens (including phenoxy) is 4. The zero-order chi connectivity index (χ0) is 25.7. The van der Waals surface area contributed by atoms with Crippen LogP contribution in [0.5, 0.6) is 0 Å². The van der Waals surface area contributed by atoms with Gasteiger partial charge in [0.2, 0.25) is 5.91 Å². The van der Waals surface area contributed by atoms with Crippen molar-refractivity contribution in [1.82, 2.24) is 4.90 Å². The lowest BCUT2D eigenvalue weighted by Crippen LogP contribution is -2.80. The number of hydrogen-bond acceptors (Lipinski definition) is 5. The molecule has 0 radical (unpaired) electrons. The third-order valence-corrected chi connectivity index (χ3v) is 7.60. The van der Waals surface area contributed by atoms with Gasteiger partial charge in [0, 0.05) is 39.5 Å². The standard InChI is InChI=1S/C29H48N2O5.CH4/c1-3-4-5-6-7-8-9-25-10-12-26(13-11-25)14-15-28(30)23-35-29(36-24-28)16-18-31(19-17-29)27(32)22-34-21-20-33-2;/h10-13H,3-9,14-24,30H2,1-2H3;1H4/p+1. The minimum absolute atomic E-state index is 0. The van der Waals surface area contributed by atoms with E-state index in [2.05, 4.69) is 36.9 Å². The summed E-state index contributed by atoms with van der Waals surface area (Å²) in [6, 6.07) is 9.12. The van der Waals surface area contributed by atoms with Crippen LogP contribution < -0.4 is 5.73 Å². The highest BCUT2D eigenvalue weighted by atomic mass is 16.7. The highest BCUT2D eigenvalue weighted by Crippen LogP contribution is 2.33. The van der Waals surface area contributed by atoms with E-state index in [1.807, 2.05) is 4.90 Å². The number of nitrogens with zero attached hydrogens (tertiary/aromatic N) is 1. The maximum atomic E-state index is 12.3. The van der Waals surface area contributed by atoms with Crippen molar-refractivity contribution in [1.29, 1.82) is 0 Å². The van der Waals surface area contributed by atoms with Gasteiger partial charge in [-0.1, -0.05) is 70.7 Å². The number of carbonyl (C=O) groups excluding carboxylic acids is 1. The number of benzene rings is 1. The van der Waals surface area contributed by atoms with Gasteiger partial charge in [-0.3, -0.25) is 4.79 Å². The van der Waals surface area contributed by atoms with Crippen molar-refractivity contribution in [2.24, 2.45) is 0 Å². The van der Waals surface area contributed by atoms with Crippen LogP contribution in [0.3, 0.4) is 0 Å². The Labute approximate surface area is 225 Å². The van der Waals surface area contributed by atoms with Crippen molar-refractivity contribution < 1.29 is 29.5 Å². The molecule has 2 aliphatic heterocycles. The maximum Gasteiger partial charge on any atom is 0.248 e. The van der Waals surface area contributed by atoms with Gasteiger partial charge in [0.1, 0.15) is 25.4 Å². The van der Waals surface area contributed by atoms with Gasteiger partial charge in [-0.15, -0.1) is 0 Å². The van der Waals surface area contributed by atoms with Gasteiger partial charge in [-0.2, -0.15) is 0 Å². The maximum absolute atomic E-state index is 12.3. The van der Waals surface area contributed by atoms with Crippen molar-refractivity contribution in [3.63, 3.8) is 0 Å². The molecule has 37 heavy (non-hydrogen) atoms. The minimum Gasteiger partial charge on any atom is -0.382 e. The molecule has 1 spiro atoms. The molecule has 7 nitrogen and oxygen atoms in total. The normalized spacial score (nSPS) is 18.5. The van der Waals surface area contributed by atoms with Crippen LogP contribution >= 0.6 is 0 Å². The molecule has 3 N–H and O–H groups in total. The van der Waals surface area contributed by atoms with Gasteiger partial charge in [0.25, 0.3) is 0 Å². The Morgan fingerprint density at radius 1 is 0.946 bits per heavy atom. The van der Waals surface area contributed by atoms with Crippen LogP contribution in [0.4, 0.5) is 0 Å². The Hall–Kier alpha value is -1.51. The molecular formula is C30H53N2O5+. The first-order valence-electron chi connectivity index (χ1n) is 14.0. The molecule has 2 saturated heterocycles. The molecule has 1 aromatic carbocycles. The van der Waals surface area contributed by atoms with E-state index in [4.69, 9.17) is 18.9 Å². The molecule has 0 bridgehead atoms. The van der Waals surface area contributed by atoms with E-state index < -0.39 is 5.79 Å². The molecular weight excluding hydrogens is 468 g/mol. The minimum atomic E-state index is -0.576. The molecule has 2 heterocycles. The van der Waals surface area contributed by atoms with E-state index in [-0.39, 0.29) is 25.5 Å². The Bertz CT molecular complexity index is 752. The predicted octanol–water partition coefficient (Wildman–Crippen LogP) is 4.17. The van der Waals surface area contributed by atoms with E-state index in [0.29, 0.717) is 52.4 Å². The molecule has 7 heteroatoms. The van der Waals surface area contributed by atoms with Crippen LogP contribution in [-0.4, -0.2) is 75.4 Å². The Balaban J connectivity index is 0.00000481. The monoisotopic (exact) mass is 521 g/mol. The third kappa shape index (κ3) is 10.6. The number of quaternary nitrogens is 1. The molecule has 1 amide bonds. The second kappa shape index (κ2) is 16.5. The highest BCUT2D eigenvalue weighted by molar-refractivity contribution is 5.77. The molecule has 0 aliphatic carbocycles. The SMILES string of the molecule is C.CCCCCCCCc1ccc(CCC2([NH3+])COC3(CCN(C(=O)COCCOC)CC3)OC2)cc1. The average molecular weight is 522 g/mol. The van der Waals surface area contributed by atoms with Gasteiger partial charge in [0.05, 0.1) is 13.2 Å². The largest absolute Gasteiger partial charge is 0.382 e. The fourth-order valence-corrected chi connectivity index (χ4v) is 4.97. The molecule has 1 aromatic rings. The number of rotatable bonds is 15. The number of hydrogen-bond donors (Lipinski definition) is 1. The summed E-state index contributed by atoms with van der Waals surface area (Å²) in [6.45, 7) is 5.73. The topological polar surface area (TPSA) is 84.9 Å². The van der Waals surface area contributed by atoms with Crippen LogP contribution in [0.2, 0.25) is 0 Å². The zero-order valence-corrected chi connectivity index (χ0v) is 22.7. The summed E-state index contributed by atoms with van der Waals surface area (Å²) in [4.78, 5) is 14.2. The molecule has 3 rings (SSSR count). The first-order chi connectivity index (χ1) is 17.5. The van der Waals surface area contributed by atoms with Crippen LogP contribution in [0, 0.1) is 0 Å². The third-order valence-electron chi connectivity index (χ3n) is 7.60. The number of likely N-dealkylation sites (tertiary alicyclic amines) is 1. The van der Waals surface area contributed by atoms with Gasteiger partial charge < -0.3 is 29.6 Å². The smallest absolute Gasteiger partial charge is 0.248 e. The van der Waals surface area contributed by atoms with E-state index in [1.165, 1.54) is 56.1 Å². The molecule has 0 aromatic heterocycles. The van der Waals surface area contributed by atoms with Crippen molar-refractivity contribution in [3.05, 3.63) is 35.4 Å². The van der Waals surface area contributed by atoms with Crippen molar-refractivity contribution >= 4 is 5.91 Å². The van der Waals surface area contributed by atoms with Crippen LogP contribution in [0.1, 0.15) is 83.3 Å². The second-order valence-corrected chi connectivity index (χ2v) is 10.7. The van der Waals surface area contributed by atoms with Crippen molar-refractivity contribution in [3.8, 4) is 0 Å². The van der Waals surface area contributed by atoms with E-state index in [1.54, 1.807) is 7.11 Å². The quantitative estimate of drug-likeness (QED) is 0.350. The summed E-state index contributed by atoms with van der Waals surface area (Å²) < 4.78 is 22.9. The lowest BCUT2D eigenvalue weighted by Gasteiger charge is -2.46. The summed E-state index contributed by atoms with van der Waals surface area (Å²) in [5.41, 5.74) is 7.02. The van der Waals surface area contributed by atoms with Crippen LogP contribution in [-0.2, 0) is 36.6 Å². The number of methoxy groups -OCH3 is 1. The molecule has 0 atom stereocenters. The predicted molar refractivity (Wildman–Crippen MR) is 147 cm³/mol. The highest BCUT2D eigenvalue weighted by Gasteiger charge is 2.46. The number of piperidine rings is 1. The van der Waals surface area contributed by atoms with E-state index in [9.17, 15) is 4.79 Å². The van der Waals surface area contributed by atoms with Crippen molar-refractivity contribution in [2.75, 3.05) is 53.2 Å². The Kier molecular flexibility index (Phi) is 14.1. The second-order valence-electron chi connectivity index (χ2n) is 10.7. The first kappa shape index (κ1) is 31.7. The zero-order valence-electron chi connectivity index (χ0n) is 22.7. The van der Waals surface area contributed by atoms with E-state index in [0.717, 1.165) is 12.8 Å². The molecule has 2 aliphatic rings. The number of aryl methyl sites for hydroxylation is 2. The number of carbonyl (C=O) groups is 1. The summed E-state index contributed by atoms with van der Waals surface area (Å²) in [5, 5.41) is 0. The molecule has 2 fully saturated rings. The van der Waals surface area contributed by atoms with Gasteiger partial charge in [-0.25, -0.2) is 0 Å². The summed E-state index contributed by atoms with van der Waals surface area (Å²) >= 11 is 0. The Morgan fingerprint density at radius 3 is 2.16 bits per heavy atom. The average Bonchev–Trinajstić information content (AvgIpc) is 2.90. The fourth-order valence-electron chi connectivity index (χ4n) is 4.97. The number of amides is 1. The fraction of sp³-hybridized carbons (Fsp3) is 0.767. The number of unbranched alkanes of at least 4 members (excludes halogenated alkanes) is 5. The lowest BCUT2D eigenvalue weighted by molar-refractivity contribution is -0.525. The molecule has 0 saturated carbocycles. The van der Waals surface area contributed by atoms with Crippen molar-refractivity contribution in [2.45, 2.75) is 96.3 Å². The first-order valence-corrected chi connectivity index (χ1v) is 14.0. The summed E-state index contributed by atoms with van der Waals surface area (Å²) in [7, 11) is 1.62.